The van der Waals surface area contributed by atoms with E-state index in [-0.39, 0.29) is 23.4 Å². The monoisotopic (exact) mass is 273 g/mol. The fraction of sp³-hybridized carbons (Fsp3) is 0.833. The SMILES string of the molecule is CSC(=O)N(C)CC1CCN1C(=O)N(C)C(C)C. The van der Waals surface area contributed by atoms with E-state index in [9.17, 15) is 9.59 Å². The summed E-state index contributed by atoms with van der Waals surface area (Å²) in [6.07, 6.45) is 2.75. The summed E-state index contributed by atoms with van der Waals surface area (Å²) in [6, 6.07) is 0.426. The van der Waals surface area contributed by atoms with Crippen LogP contribution in [0.1, 0.15) is 20.3 Å². The number of hydrogen-bond acceptors (Lipinski definition) is 3. The molecule has 0 spiro atoms. The molecule has 1 aliphatic heterocycles. The van der Waals surface area contributed by atoms with Gasteiger partial charge in [-0.05, 0) is 26.5 Å². The van der Waals surface area contributed by atoms with Gasteiger partial charge in [0.15, 0.2) is 0 Å². The number of urea groups is 1. The van der Waals surface area contributed by atoms with E-state index in [1.165, 1.54) is 11.8 Å². The number of thioether (sulfide) groups is 1. The number of nitrogens with zero attached hydrogens (tertiary/aromatic N) is 3. The Morgan fingerprint density at radius 1 is 1.39 bits per heavy atom. The molecule has 0 aromatic carbocycles. The van der Waals surface area contributed by atoms with Gasteiger partial charge in [0.25, 0.3) is 5.24 Å². The van der Waals surface area contributed by atoms with Gasteiger partial charge in [-0.3, -0.25) is 4.79 Å². The minimum Gasteiger partial charge on any atom is -0.335 e. The summed E-state index contributed by atoms with van der Waals surface area (Å²) in [4.78, 5) is 28.9. The van der Waals surface area contributed by atoms with Gasteiger partial charge in [0, 0.05) is 33.2 Å². The summed E-state index contributed by atoms with van der Waals surface area (Å²) in [5.41, 5.74) is 0. The van der Waals surface area contributed by atoms with Crippen LogP contribution >= 0.6 is 11.8 Å². The van der Waals surface area contributed by atoms with E-state index in [1.54, 1.807) is 23.1 Å². The fourth-order valence-electron chi connectivity index (χ4n) is 1.85. The number of carbonyl (C=O) groups is 2. The summed E-state index contributed by atoms with van der Waals surface area (Å²) in [6.45, 7) is 5.41. The Kier molecular flexibility index (Phi) is 5.31. The molecule has 1 rings (SSSR count). The van der Waals surface area contributed by atoms with Crippen LogP contribution < -0.4 is 0 Å². The molecule has 0 N–H and O–H groups in total. The Labute approximate surface area is 113 Å². The van der Waals surface area contributed by atoms with E-state index in [0.717, 1.165) is 13.0 Å². The Morgan fingerprint density at radius 3 is 2.39 bits per heavy atom. The van der Waals surface area contributed by atoms with Crippen molar-refractivity contribution in [1.82, 2.24) is 14.7 Å². The first kappa shape index (κ1) is 15.1. The topological polar surface area (TPSA) is 43.9 Å². The quantitative estimate of drug-likeness (QED) is 0.789. The van der Waals surface area contributed by atoms with E-state index in [0.29, 0.717) is 6.54 Å². The summed E-state index contributed by atoms with van der Waals surface area (Å²) in [5, 5.41) is 0.0477. The van der Waals surface area contributed by atoms with E-state index in [1.807, 2.05) is 25.8 Å². The largest absolute Gasteiger partial charge is 0.335 e. The van der Waals surface area contributed by atoms with Gasteiger partial charge in [-0.2, -0.15) is 0 Å². The van der Waals surface area contributed by atoms with Gasteiger partial charge in [0.1, 0.15) is 0 Å². The summed E-state index contributed by atoms with van der Waals surface area (Å²) in [7, 11) is 3.60. The molecular weight excluding hydrogens is 250 g/mol. The lowest BCUT2D eigenvalue weighted by molar-refractivity contribution is 0.0727. The van der Waals surface area contributed by atoms with Gasteiger partial charge in [-0.25, -0.2) is 4.79 Å². The maximum atomic E-state index is 12.1. The molecule has 5 nitrogen and oxygen atoms in total. The number of carbonyl (C=O) groups excluding carboxylic acids is 2. The lowest BCUT2D eigenvalue weighted by atomic mass is 10.0. The predicted molar refractivity (Wildman–Crippen MR) is 74.9 cm³/mol. The highest BCUT2D eigenvalue weighted by Gasteiger charge is 2.35. The molecule has 6 heteroatoms. The maximum absolute atomic E-state index is 12.1. The summed E-state index contributed by atoms with van der Waals surface area (Å²) < 4.78 is 0. The van der Waals surface area contributed by atoms with Gasteiger partial charge >= 0.3 is 6.03 Å². The normalized spacial score (nSPS) is 18.6. The highest BCUT2D eigenvalue weighted by Crippen LogP contribution is 2.21. The molecule has 1 atom stereocenters. The highest BCUT2D eigenvalue weighted by atomic mass is 32.2. The Hall–Kier alpha value is -0.910. The van der Waals surface area contributed by atoms with Crippen LogP contribution in [0.4, 0.5) is 9.59 Å². The third kappa shape index (κ3) is 3.31. The number of likely N-dealkylation sites (N-methyl/N-ethyl adjacent to an activating group) is 1. The number of hydrogen-bond donors (Lipinski definition) is 0. The van der Waals surface area contributed by atoms with Gasteiger partial charge in [-0.1, -0.05) is 11.8 Å². The van der Waals surface area contributed by atoms with Crippen LogP contribution in [0.5, 0.6) is 0 Å². The van der Waals surface area contributed by atoms with Gasteiger partial charge in [0.2, 0.25) is 0 Å². The Balaban J connectivity index is 2.51. The molecule has 0 aromatic heterocycles. The standard InChI is InChI=1S/C12H23N3O2S/c1-9(2)14(4)11(16)15-7-6-10(15)8-13(3)12(17)18-5/h9-10H,6-8H2,1-5H3. The number of rotatable bonds is 3. The molecule has 0 aromatic rings. The molecule has 0 radical (unpaired) electrons. The third-order valence-corrected chi connectivity index (χ3v) is 4.10. The molecule has 1 heterocycles. The predicted octanol–water partition coefficient (Wildman–Crippen LogP) is 1.94. The smallest absolute Gasteiger partial charge is 0.320 e. The molecule has 1 fully saturated rings. The Morgan fingerprint density at radius 2 is 2.00 bits per heavy atom. The van der Waals surface area contributed by atoms with Crippen molar-refractivity contribution >= 4 is 23.0 Å². The zero-order valence-corrected chi connectivity index (χ0v) is 12.7. The zero-order chi connectivity index (χ0) is 13.9. The lowest BCUT2D eigenvalue weighted by Gasteiger charge is -2.44. The molecule has 0 bridgehead atoms. The zero-order valence-electron chi connectivity index (χ0n) is 11.8. The van der Waals surface area contributed by atoms with Crippen LogP contribution in [0.25, 0.3) is 0 Å². The van der Waals surface area contributed by atoms with Crippen molar-refractivity contribution in [3.63, 3.8) is 0 Å². The van der Waals surface area contributed by atoms with Crippen molar-refractivity contribution in [2.75, 3.05) is 33.4 Å². The number of likely N-dealkylation sites (tertiary alicyclic amines) is 1. The maximum Gasteiger partial charge on any atom is 0.320 e. The average Bonchev–Trinajstić information content (AvgIpc) is 2.31. The van der Waals surface area contributed by atoms with E-state index >= 15 is 0 Å². The second-order valence-corrected chi connectivity index (χ2v) is 5.73. The van der Waals surface area contributed by atoms with Crippen LogP contribution in [0.15, 0.2) is 0 Å². The summed E-state index contributed by atoms with van der Waals surface area (Å²) >= 11 is 1.20. The fourth-order valence-corrected chi connectivity index (χ4v) is 2.24. The average molecular weight is 273 g/mol. The molecule has 18 heavy (non-hydrogen) atoms. The highest BCUT2D eigenvalue weighted by molar-refractivity contribution is 8.12. The first-order valence-corrected chi connectivity index (χ1v) is 7.43. The van der Waals surface area contributed by atoms with E-state index < -0.39 is 0 Å². The van der Waals surface area contributed by atoms with Crippen molar-refractivity contribution in [3.8, 4) is 0 Å². The van der Waals surface area contributed by atoms with Crippen molar-refractivity contribution in [2.45, 2.75) is 32.4 Å². The van der Waals surface area contributed by atoms with Gasteiger partial charge in [-0.15, -0.1) is 0 Å². The van der Waals surface area contributed by atoms with Crippen LogP contribution in [-0.2, 0) is 0 Å². The molecule has 1 unspecified atom stereocenters. The first-order valence-electron chi connectivity index (χ1n) is 6.21. The molecule has 104 valence electrons. The van der Waals surface area contributed by atoms with Crippen molar-refractivity contribution < 1.29 is 9.59 Å². The molecule has 0 saturated carbocycles. The molecule has 1 aliphatic rings. The van der Waals surface area contributed by atoms with Gasteiger partial charge < -0.3 is 14.7 Å². The molecule has 0 aliphatic carbocycles. The second-order valence-electron chi connectivity index (χ2n) is 4.97. The van der Waals surface area contributed by atoms with Crippen molar-refractivity contribution in [1.29, 1.82) is 0 Å². The minimum absolute atomic E-state index is 0.0477. The van der Waals surface area contributed by atoms with Crippen molar-refractivity contribution in [2.24, 2.45) is 0 Å². The van der Waals surface area contributed by atoms with Crippen LogP contribution in [0.2, 0.25) is 0 Å². The van der Waals surface area contributed by atoms with Crippen LogP contribution in [-0.4, -0.2) is 71.5 Å². The van der Waals surface area contributed by atoms with E-state index in [2.05, 4.69) is 0 Å². The Bertz CT molecular complexity index is 322. The summed E-state index contributed by atoms with van der Waals surface area (Å²) in [5.74, 6) is 0. The van der Waals surface area contributed by atoms with Crippen LogP contribution in [0.3, 0.4) is 0 Å². The van der Waals surface area contributed by atoms with Gasteiger partial charge in [0.05, 0.1) is 6.04 Å². The number of amides is 3. The second kappa shape index (κ2) is 6.31. The first-order chi connectivity index (χ1) is 8.38. The van der Waals surface area contributed by atoms with Crippen molar-refractivity contribution in [3.05, 3.63) is 0 Å². The molecule has 3 amide bonds. The van der Waals surface area contributed by atoms with Crippen LogP contribution in [0, 0.1) is 0 Å². The molecule has 1 saturated heterocycles. The van der Waals surface area contributed by atoms with E-state index in [4.69, 9.17) is 0 Å². The molecular formula is C12H23N3O2S. The third-order valence-electron chi connectivity index (χ3n) is 3.44. The lowest BCUT2D eigenvalue weighted by Crippen LogP contribution is -2.59. The minimum atomic E-state index is 0.0477.